The molecule has 0 spiro atoms. The summed E-state index contributed by atoms with van der Waals surface area (Å²) >= 11 is 0. The molecule has 62 heavy (non-hydrogen) atoms. The van der Waals surface area contributed by atoms with Crippen LogP contribution in [0.4, 0.5) is 0 Å². The Kier molecular flexibility index (Phi) is 50.9. The Bertz CT molecular complexity index is 1070. The lowest BCUT2D eigenvalue weighted by Crippen LogP contribution is -2.29. The van der Waals surface area contributed by atoms with Gasteiger partial charge in [-0.15, -0.1) is 0 Å². The highest BCUT2D eigenvalue weighted by molar-refractivity contribution is 5.71. The fourth-order valence-electron chi connectivity index (χ4n) is 7.65. The molecule has 0 aromatic carbocycles. The highest BCUT2D eigenvalue weighted by Crippen LogP contribution is 2.16. The summed E-state index contributed by atoms with van der Waals surface area (Å²) < 4.78 is 17.3. The van der Waals surface area contributed by atoms with E-state index in [1.807, 2.05) is 12.2 Å². The smallest absolute Gasteiger partial charge is 0.310 e. The largest absolute Gasteiger partial charge is 0.462 e. The number of rotatable bonds is 49. The van der Waals surface area contributed by atoms with Gasteiger partial charge in [0, 0.05) is 13.0 Å². The average molecular weight is 867 g/mol. The molecule has 1 atom stereocenters. The van der Waals surface area contributed by atoms with Crippen molar-refractivity contribution in [3.63, 3.8) is 0 Å². The molecular formula is C57H102O5. The van der Waals surface area contributed by atoms with Crippen LogP contribution in [0.3, 0.4) is 0 Å². The van der Waals surface area contributed by atoms with Crippen LogP contribution in [0.1, 0.15) is 265 Å². The molecular weight excluding hydrogens is 765 g/mol. The van der Waals surface area contributed by atoms with E-state index >= 15 is 0 Å². The third kappa shape index (κ3) is 50.2. The van der Waals surface area contributed by atoms with E-state index < -0.39 is 6.10 Å². The van der Waals surface area contributed by atoms with Crippen molar-refractivity contribution in [2.75, 3.05) is 19.8 Å². The lowest BCUT2D eigenvalue weighted by molar-refractivity contribution is -0.162. The standard InChI is InChI=1S/C57H102O5/c1-4-7-10-13-16-19-22-25-27-28-29-30-32-33-35-38-41-44-47-50-56(58)61-54-55(53-60-52-49-46-43-40-37-24-21-18-15-12-9-6-3)62-57(59)51-48-45-42-39-36-34-31-26-23-20-17-14-11-8-5-2/h8,11,17,20,26,31,36,39,45,48,55H,4-7,9-10,12-16,18-19,21-25,27-30,32-35,37-38,40-44,46-47,49-54H2,1-3H3/b11-8-,20-17-,31-26-,39-36-,48-45-. The molecule has 360 valence electrons. The zero-order chi connectivity index (χ0) is 44.9. The molecule has 0 saturated carbocycles. The second-order valence-electron chi connectivity index (χ2n) is 17.8. The number of unbranched alkanes of at least 4 members (excludes halogenated alkanes) is 29. The van der Waals surface area contributed by atoms with Crippen LogP contribution in [-0.4, -0.2) is 37.9 Å². The first-order valence-corrected chi connectivity index (χ1v) is 26.8. The minimum absolute atomic E-state index is 0.0494. The van der Waals surface area contributed by atoms with Crippen molar-refractivity contribution in [1.82, 2.24) is 0 Å². The van der Waals surface area contributed by atoms with Crippen molar-refractivity contribution < 1.29 is 23.8 Å². The van der Waals surface area contributed by atoms with E-state index in [1.165, 1.54) is 173 Å². The Labute approximate surface area is 385 Å². The van der Waals surface area contributed by atoms with Crippen molar-refractivity contribution in [1.29, 1.82) is 0 Å². The van der Waals surface area contributed by atoms with Crippen LogP contribution >= 0.6 is 0 Å². The molecule has 0 aliphatic heterocycles. The van der Waals surface area contributed by atoms with Gasteiger partial charge in [0.15, 0.2) is 6.10 Å². The molecule has 0 aliphatic rings. The molecule has 0 radical (unpaired) electrons. The third-order valence-electron chi connectivity index (χ3n) is 11.6. The zero-order valence-electron chi connectivity index (χ0n) is 41.4. The highest BCUT2D eigenvalue weighted by atomic mass is 16.6. The van der Waals surface area contributed by atoms with Crippen LogP contribution in [-0.2, 0) is 23.8 Å². The van der Waals surface area contributed by atoms with Crippen LogP contribution in [0.5, 0.6) is 0 Å². The number of allylic oxidation sites excluding steroid dienone is 9. The van der Waals surface area contributed by atoms with Crippen LogP contribution < -0.4 is 0 Å². The molecule has 0 rings (SSSR count). The van der Waals surface area contributed by atoms with Gasteiger partial charge in [-0.2, -0.15) is 0 Å². The maximum Gasteiger partial charge on any atom is 0.310 e. The quantitative estimate of drug-likeness (QED) is 0.0346. The second-order valence-corrected chi connectivity index (χ2v) is 17.8. The number of carbonyl (C=O) groups excluding carboxylic acids is 2. The zero-order valence-corrected chi connectivity index (χ0v) is 41.4. The van der Waals surface area contributed by atoms with E-state index in [9.17, 15) is 9.59 Å². The Hall–Kier alpha value is -2.40. The Morgan fingerprint density at radius 1 is 0.371 bits per heavy atom. The van der Waals surface area contributed by atoms with Gasteiger partial charge in [-0.3, -0.25) is 9.59 Å². The van der Waals surface area contributed by atoms with Crippen molar-refractivity contribution in [2.45, 2.75) is 271 Å². The summed E-state index contributed by atoms with van der Waals surface area (Å²) in [6.45, 7) is 7.65. The molecule has 5 heteroatoms. The summed E-state index contributed by atoms with van der Waals surface area (Å²) in [5, 5.41) is 0. The van der Waals surface area contributed by atoms with Crippen molar-refractivity contribution in [3.8, 4) is 0 Å². The number of ether oxygens (including phenoxy) is 3. The van der Waals surface area contributed by atoms with Gasteiger partial charge in [-0.05, 0) is 44.9 Å². The number of hydrogen-bond donors (Lipinski definition) is 0. The predicted molar refractivity (Wildman–Crippen MR) is 270 cm³/mol. The van der Waals surface area contributed by atoms with Crippen LogP contribution in [0.2, 0.25) is 0 Å². The molecule has 0 saturated heterocycles. The van der Waals surface area contributed by atoms with Gasteiger partial charge < -0.3 is 14.2 Å². The summed E-state index contributed by atoms with van der Waals surface area (Å²) in [7, 11) is 0. The van der Waals surface area contributed by atoms with E-state index in [2.05, 4.69) is 69.4 Å². The normalized spacial score (nSPS) is 12.6. The van der Waals surface area contributed by atoms with Crippen LogP contribution in [0.15, 0.2) is 60.8 Å². The summed E-state index contributed by atoms with van der Waals surface area (Å²) in [6, 6.07) is 0. The maximum absolute atomic E-state index is 12.7. The summed E-state index contributed by atoms with van der Waals surface area (Å²) in [6.07, 6.45) is 66.9. The van der Waals surface area contributed by atoms with Gasteiger partial charge in [0.1, 0.15) is 6.61 Å². The van der Waals surface area contributed by atoms with E-state index in [1.54, 1.807) is 0 Å². The van der Waals surface area contributed by atoms with Crippen LogP contribution in [0.25, 0.3) is 0 Å². The molecule has 5 nitrogen and oxygen atoms in total. The van der Waals surface area contributed by atoms with Crippen molar-refractivity contribution in [3.05, 3.63) is 60.8 Å². The molecule has 0 aromatic rings. The Morgan fingerprint density at radius 2 is 0.710 bits per heavy atom. The number of esters is 2. The molecule has 0 aromatic heterocycles. The molecule has 0 aliphatic carbocycles. The molecule has 1 unspecified atom stereocenters. The Morgan fingerprint density at radius 3 is 1.10 bits per heavy atom. The van der Waals surface area contributed by atoms with Crippen molar-refractivity contribution in [2.24, 2.45) is 0 Å². The fourth-order valence-corrected chi connectivity index (χ4v) is 7.65. The van der Waals surface area contributed by atoms with Gasteiger partial charge >= 0.3 is 11.9 Å². The van der Waals surface area contributed by atoms with Crippen LogP contribution in [0, 0.1) is 0 Å². The second kappa shape index (κ2) is 52.9. The Balaban J connectivity index is 4.29. The average Bonchev–Trinajstić information content (AvgIpc) is 3.27. The fraction of sp³-hybridized carbons (Fsp3) is 0.789. The van der Waals surface area contributed by atoms with Gasteiger partial charge in [0.2, 0.25) is 0 Å². The highest BCUT2D eigenvalue weighted by Gasteiger charge is 2.17. The topological polar surface area (TPSA) is 61.8 Å². The molecule has 0 heterocycles. The lowest BCUT2D eigenvalue weighted by atomic mass is 10.0. The predicted octanol–water partition coefficient (Wildman–Crippen LogP) is 18.1. The maximum atomic E-state index is 12.7. The number of carbonyl (C=O) groups is 2. The van der Waals surface area contributed by atoms with Gasteiger partial charge in [-0.25, -0.2) is 0 Å². The van der Waals surface area contributed by atoms with Crippen molar-refractivity contribution >= 4 is 11.9 Å². The number of hydrogen-bond acceptors (Lipinski definition) is 5. The van der Waals surface area contributed by atoms with Gasteiger partial charge in [0.05, 0.1) is 13.0 Å². The lowest BCUT2D eigenvalue weighted by Gasteiger charge is -2.18. The van der Waals surface area contributed by atoms with Gasteiger partial charge in [0.25, 0.3) is 0 Å². The molecule has 0 bridgehead atoms. The van der Waals surface area contributed by atoms with Gasteiger partial charge in [-0.1, -0.05) is 268 Å². The SMILES string of the molecule is CC/C=C\C/C=C\C/C=C\C/C=C\C/C=C\CC(=O)OC(COCCCCCCCCCCCCCC)COC(=O)CCCCCCCCCCCCCCCCCCCCC. The summed E-state index contributed by atoms with van der Waals surface area (Å²) in [5.74, 6) is -0.531. The molecule has 0 amide bonds. The minimum Gasteiger partial charge on any atom is -0.462 e. The summed E-state index contributed by atoms with van der Waals surface area (Å²) in [4.78, 5) is 25.4. The van der Waals surface area contributed by atoms with E-state index in [0.717, 1.165) is 57.8 Å². The third-order valence-corrected chi connectivity index (χ3v) is 11.6. The summed E-state index contributed by atoms with van der Waals surface area (Å²) in [5.41, 5.74) is 0. The molecule has 0 fully saturated rings. The first-order valence-electron chi connectivity index (χ1n) is 26.8. The first-order chi connectivity index (χ1) is 30.6. The van der Waals surface area contributed by atoms with E-state index in [-0.39, 0.29) is 31.6 Å². The monoisotopic (exact) mass is 867 g/mol. The minimum atomic E-state index is -0.586. The first kappa shape index (κ1) is 59.6. The molecule has 0 N–H and O–H groups in total. The van der Waals surface area contributed by atoms with E-state index in [0.29, 0.717) is 13.0 Å². The van der Waals surface area contributed by atoms with E-state index in [4.69, 9.17) is 14.2 Å².